The molecule has 0 radical (unpaired) electrons. The van der Waals surface area contributed by atoms with Crippen LogP contribution in [0.2, 0.25) is 0 Å². The molecule has 0 aliphatic heterocycles. The maximum absolute atomic E-state index is 12.1. The van der Waals surface area contributed by atoms with Gasteiger partial charge < -0.3 is 4.74 Å². The fraction of sp³-hybridized carbons (Fsp3) is 0.368. The maximum Gasteiger partial charge on any atom is 0.215 e. The third kappa shape index (κ3) is 6.45. The van der Waals surface area contributed by atoms with E-state index in [1.165, 1.54) is 0 Å². The van der Waals surface area contributed by atoms with Crippen LogP contribution < -0.4 is 9.46 Å². The van der Waals surface area contributed by atoms with E-state index in [1.54, 1.807) is 12.1 Å². The van der Waals surface area contributed by atoms with Crippen LogP contribution in [0.15, 0.2) is 53.0 Å². The number of hydrogen-bond acceptors (Lipinski definition) is 3. The monoisotopic (exact) mass is 425 g/mol. The first-order valence-electron chi connectivity index (χ1n) is 8.11. The Labute approximate surface area is 158 Å². The summed E-state index contributed by atoms with van der Waals surface area (Å²) in [6.07, 6.45) is 0. The highest BCUT2D eigenvalue weighted by Crippen LogP contribution is 2.30. The zero-order valence-corrected chi connectivity index (χ0v) is 17.2. The minimum atomic E-state index is -3.39. The van der Waals surface area contributed by atoms with Crippen LogP contribution in [0.25, 0.3) is 0 Å². The van der Waals surface area contributed by atoms with E-state index in [0.29, 0.717) is 0 Å². The number of sulfonamides is 1. The average molecular weight is 426 g/mol. The molecular formula is C19H24BrNO3S. The summed E-state index contributed by atoms with van der Waals surface area (Å²) in [4.78, 5) is 0. The van der Waals surface area contributed by atoms with Crippen molar-refractivity contribution >= 4 is 26.0 Å². The third-order valence-corrected chi connectivity index (χ3v) is 5.53. The molecule has 6 heteroatoms. The Balaban J connectivity index is 1.88. The summed E-state index contributed by atoms with van der Waals surface area (Å²) < 4.78 is 33.6. The predicted octanol–water partition coefficient (Wildman–Crippen LogP) is 4.25. The largest absolute Gasteiger partial charge is 0.492 e. The van der Waals surface area contributed by atoms with Gasteiger partial charge >= 0.3 is 0 Å². The van der Waals surface area contributed by atoms with Gasteiger partial charge in [0.2, 0.25) is 10.0 Å². The van der Waals surface area contributed by atoms with E-state index in [1.807, 2.05) is 36.4 Å². The number of benzene rings is 2. The summed E-state index contributed by atoms with van der Waals surface area (Å²) in [5, 5.41) is 0. The van der Waals surface area contributed by atoms with Crippen LogP contribution in [0, 0.1) is 0 Å². The summed E-state index contributed by atoms with van der Waals surface area (Å²) in [5.41, 5.74) is 1.82. The molecule has 0 aliphatic rings. The lowest BCUT2D eigenvalue weighted by Gasteiger charge is -2.22. The van der Waals surface area contributed by atoms with Crippen molar-refractivity contribution in [3.05, 3.63) is 64.1 Å². The Kier molecular flexibility index (Phi) is 6.65. The lowest BCUT2D eigenvalue weighted by molar-refractivity contribution is 0.314. The molecule has 0 aromatic heterocycles. The van der Waals surface area contributed by atoms with Crippen LogP contribution in [0.1, 0.15) is 31.9 Å². The Morgan fingerprint density at radius 1 is 1.04 bits per heavy atom. The summed E-state index contributed by atoms with van der Waals surface area (Å²) in [6, 6.07) is 15.1. The van der Waals surface area contributed by atoms with Gasteiger partial charge in [0.25, 0.3) is 0 Å². The Morgan fingerprint density at radius 2 is 1.68 bits per heavy atom. The van der Waals surface area contributed by atoms with Gasteiger partial charge in [-0.1, -0.05) is 67.0 Å². The zero-order chi connectivity index (χ0) is 18.5. The molecule has 0 unspecified atom stereocenters. The Hall–Kier alpha value is -1.37. The molecule has 2 aromatic rings. The summed E-state index contributed by atoms with van der Waals surface area (Å²) in [6.45, 7) is 6.88. The number of nitrogens with one attached hydrogen (secondary N) is 1. The van der Waals surface area contributed by atoms with Gasteiger partial charge in [0.1, 0.15) is 12.4 Å². The summed E-state index contributed by atoms with van der Waals surface area (Å²) >= 11 is 3.34. The first-order valence-corrected chi connectivity index (χ1v) is 10.6. The molecule has 2 rings (SSSR count). The number of hydrogen-bond donors (Lipinski definition) is 1. The SMILES string of the molecule is CC(C)(C)c1ccccc1OCCNS(=O)(=O)Cc1ccc(Br)cc1. The molecule has 1 N–H and O–H groups in total. The van der Waals surface area contributed by atoms with Gasteiger partial charge in [0, 0.05) is 11.0 Å². The third-order valence-electron chi connectivity index (χ3n) is 3.65. The lowest BCUT2D eigenvalue weighted by Crippen LogP contribution is -2.29. The van der Waals surface area contributed by atoms with Gasteiger partial charge in [-0.25, -0.2) is 13.1 Å². The smallest absolute Gasteiger partial charge is 0.215 e. The maximum atomic E-state index is 12.1. The number of para-hydroxylation sites is 1. The van der Waals surface area contributed by atoms with E-state index < -0.39 is 10.0 Å². The summed E-state index contributed by atoms with van der Waals surface area (Å²) in [7, 11) is -3.39. The molecular weight excluding hydrogens is 402 g/mol. The molecule has 0 bridgehead atoms. The van der Waals surface area contributed by atoms with Gasteiger partial charge in [0.05, 0.1) is 5.75 Å². The van der Waals surface area contributed by atoms with E-state index in [4.69, 9.17) is 4.74 Å². The summed E-state index contributed by atoms with van der Waals surface area (Å²) in [5.74, 6) is 0.751. The zero-order valence-electron chi connectivity index (χ0n) is 14.8. The molecule has 136 valence electrons. The van der Waals surface area contributed by atoms with Gasteiger partial charge in [-0.15, -0.1) is 0 Å². The van der Waals surface area contributed by atoms with Crippen LogP contribution in [-0.4, -0.2) is 21.6 Å². The highest BCUT2D eigenvalue weighted by atomic mass is 79.9. The van der Waals surface area contributed by atoms with Gasteiger partial charge in [0.15, 0.2) is 0 Å². The van der Waals surface area contributed by atoms with Crippen molar-refractivity contribution in [1.29, 1.82) is 0 Å². The van der Waals surface area contributed by atoms with Crippen molar-refractivity contribution in [2.75, 3.05) is 13.2 Å². The van der Waals surface area contributed by atoms with Crippen LogP contribution >= 0.6 is 15.9 Å². The predicted molar refractivity (Wildman–Crippen MR) is 105 cm³/mol. The Bertz CT molecular complexity index is 796. The fourth-order valence-electron chi connectivity index (χ4n) is 2.42. The standard InChI is InChI=1S/C19H24BrNO3S/c1-19(2,3)17-6-4-5-7-18(17)24-13-12-21-25(22,23)14-15-8-10-16(20)11-9-15/h4-11,21H,12-14H2,1-3H3. The molecule has 0 saturated heterocycles. The van der Waals surface area contributed by atoms with Crippen molar-refractivity contribution in [1.82, 2.24) is 4.72 Å². The number of rotatable bonds is 7. The second kappa shape index (κ2) is 8.34. The van der Waals surface area contributed by atoms with Gasteiger partial charge in [-0.05, 0) is 34.7 Å². The second-order valence-corrected chi connectivity index (χ2v) is 9.60. The molecule has 0 heterocycles. The van der Waals surface area contributed by atoms with Crippen LogP contribution in [-0.2, 0) is 21.2 Å². The number of ether oxygens (including phenoxy) is 1. The quantitative estimate of drug-likeness (QED) is 0.674. The molecule has 0 spiro atoms. The van der Waals surface area contributed by atoms with Crippen LogP contribution in [0.5, 0.6) is 5.75 Å². The number of halogens is 1. The van der Waals surface area contributed by atoms with E-state index in [9.17, 15) is 8.42 Å². The normalized spacial score (nSPS) is 12.2. The highest BCUT2D eigenvalue weighted by Gasteiger charge is 2.18. The van der Waals surface area contributed by atoms with Crippen LogP contribution in [0.3, 0.4) is 0 Å². The molecule has 0 amide bonds. The fourth-order valence-corrected chi connectivity index (χ4v) is 3.81. The first-order chi connectivity index (χ1) is 11.7. The van der Waals surface area contributed by atoms with Crippen molar-refractivity contribution < 1.29 is 13.2 Å². The van der Waals surface area contributed by atoms with E-state index in [2.05, 4.69) is 41.4 Å². The van der Waals surface area contributed by atoms with Gasteiger partial charge in [-0.3, -0.25) is 0 Å². The molecule has 0 aliphatic carbocycles. The molecule has 0 atom stereocenters. The molecule has 2 aromatic carbocycles. The molecule has 4 nitrogen and oxygen atoms in total. The minimum absolute atomic E-state index is 0.0301. The second-order valence-electron chi connectivity index (χ2n) is 6.87. The topological polar surface area (TPSA) is 55.4 Å². The van der Waals surface area contributed by atoms with Crippen molar-refractivity contribution in [2.24, 2.45) is 0 Å². The van der Waals surface area contributed by atoms with Crippen molar-refractivity contribution in [3.63, 3.8) is 0 Å². The first kappa shape index (κ1) is 19.9. The molecule has 0 saturated carbocycles. The Morgan fingerprint density at radius 3 is 2.32 bits per heavy atom. The minimum Gasteiger partial charge on any atom is -0.492 e. The van der Waals surface area contributed by atoms with E-state index in [0.717, 1.165) is 21.3 Å². The molecule has 0 fully saturated rings. The van der Waals surface area contributed by atoms with Gasteiger partial charge in [-0.2, -0.15) is 0 Å². The van der Waals surface area contributed by atoms with Crippen molar-refractivity contribution in [3.8, 4) is 5.75 Å². The highest BCUT2D eigenvalue weighted by molar-refractivity contribution is 9.10. The van der Waals surface area contributed by atoms with Crippen LogP contribution in [0.4, 0.5) is 0 Å². The lowest BCUT2D eigenvalue weighted by atomic mass is 9.86. The van der Waals surface area contributed by atoms with E-state index >= 15 is 0 Å². The average Bonchev–Trinajstić information content (AvgIpc) is 2.53. The van der Waals surface area contributed by atoms with Crippen molar-refractivity contribution in [2.45, 2.75) is 31.9 Å². The van der Waals surface area contributed by atoms with E-state index in [-0.39, 0.29) is 24.3 Å². The molecule has 25 heavy (non-hydrogen) atoms.